The molecule has 2 N–H and O–H groups in total. The molecule has 0 aromatic heterocycles. The fourth-order valence-corrected chi connectivity index (χ4v) is 4.24. The zero-order valence-electron chi connectivity index (χ0n) is 18.7. The molecule has 0 atom stereocenters. The summed E-state index contributed by atoms with van der Waals surface area (Å²) in [4.78, 5) is 25.5. The van der Waals surface area contributed by atoms with E-state index in [1.54, 1.807) is 12.1 Å². The molecule has 32 heavy (non-hydrogen) atoms. The first-order chi connectivity index (χ1) is 15.5. The highest BCUT2D eigenvalue weighted by molar-refractivity contribution is 6.08. The summed E-state index contributed by atoms with van der Waals surface area (Å²) in [7, 11) is 0. The number of hydrogen-bond acceptors (Lipinski definition) is 4. The Balaban J connectivity index is 1.43. The topological polar surface area (TPSA) is 76.7 Å². The minimum atomic E-state index is -0.222. The molecular formula is C26H30N2O4. The van der Waals surface area contributed by atoms with Gasteiger partial charge in [-0.2, -0.15) is 0 Å². The fraction of sp³-hybridized carbons (Fsp3) is 0.385. The van der Waals surface area contributed by atoms with Crippen molar-refractivity contribution in [2.24, 2.45) is 0 Å². The summed E-state index contributed by atoms with van der Waals surface area (Å²) in [6, 6.07) is 11.3. The summed E-state index contributed by atoms with van der Waals surface area (Å²) in [5.74, 6) is 1.07. The van der Waals surface area contributed by atoms with Crippen molar-refractivity contribution in [1.29, 1.82) is 0 Å². The second kappa shape index (κ2) is 9.90. The van der Waals surface area contributed by atoms with Crippen molar-refractivity contribution in [3.05, 3.63) is 58.7 Å². The number of fused-ring (bicyclic) bond motifs is 1. The van der Waals surface area contributed by atoms with E-state index in [2.05, 4.69) is 10.6 Å². The Labute approximate surface area is 189 Å². The molecule has 2 aliphatic rings. The molecule has 2 amide bonds. The zero-order valence-corrected chi connectivity index (χ0v) is 18.7. The number of amides is 2. The molecule has 2 aromatic rings. The Kier molecular flexibility index (Phi) is 6.78. The lowest BCUT2D eigenvalue weighted by molar-refractivity contribution is -0.113. The van der Waals surface area contributed by atoms with Crippen LogP contribution in [0.2, 0.25) is 0 Å². The number of carbonyl (C=O) groups is 2. The maximum Gasteiger partial charge on any atom is 0.255 e. The predicted octanol–water partition coefficient (Wildman–Crippen LogP) is 4.87. The van der Waals surface area contributed by atoms with Crippen molar-refractivity contribution in [1.82, 2.24) is 5.32 Å². The van der Waals surface area contributed by atoms with E-state index >= 15 is 0 Å². The van der Waals surface area contributed by atoms with E-state index < -0.39 is 0 Å². The van der Waals surface area contributed by atoms with Crippen LogP contribution in [0.4, 0.5) is 5.69 Å². The number of anilines is 1. The lowest BCUT2D eigenvalue weighted by atomic mass is 9.95. The van der Waals surface area contributed by atoms with Gasteiger partial charge in [-0.1, -0.05) is 31.4 Å². The molecule has 1 saturated carbocycles. The molecule has 6 heteroatoms. The first-order valence-electron chi connectivity index (χ1n) is 11.4. The van der Waals surface area contributed by atoms with Crippen LogP contribution in [-0.2, 0) is 4.79 Å². The molecule has 6 nitrogen and oxygen atoms in total. The smallest absolute Gasteiger partial charge is 0.255 e. The maximum atomic E-state index is 12.9. The van der Waals surface area contributed by atoms with Crippen molar-refractivity contribution in [3.63, 3.8) is 0 Å². The summed E-state index contributed by atoms with van der Waals surface area (Å²) in [6.45, 7) is 4.53. The highest BCUT2D eigenvalue weighted by Gasteiger charge is 2.21. The van der Waals surface area contributed by atoms with Gasteiger partial charge in [0.05, 0.1) is 12.2 Å². The van der Waals surface area contributed by atoms with E-state index in [1.165, 1.54) is 19.3 Å². The molecule has 1 aliphatic heterocycles. The van der Waals surface area contributed by atoms with E-state index in [4.69, 9.17) is 9.47 Å². The molecule has 4 rings (SSSR count). The molecule has 2 aromatic carbocycles. The summed E-state index contributed by atoms with van der Waals surface area (Å²) in [6.07, 6.45) is 7.52. The van der Waals surface area contributed by atoms with Gasteiger partial charge >= 0.3 is 0 Å². The normalized spacial score (nSPS) is 15.8. The average Bonchev–Trinajstić information content (AvgIpc) is 2.81. The van der Waals surface area contributed by atoms with Gasteiger partial charge in [-0.15, -0.1) is 0 Å². The van der Waals surface area contributed by atoms with Crippen LogP contribution in [0.1, 0.15) is 60.5 Å². The highest BCUT2D eigenvalue weighted by atomic mass is 16.5. The molecule has 0 bridgehead atoms. The van der Waals surface area contributed by atoms with Gasteiger partial charge in [0.1, 0.15) is 6.61 Å². The number of ether oxygens (including phenoxy) is 2. The average molecular weight is 435 g/mol. The quantitative estimate of drug-likeness (QED) is 0.680. The zero-order chi connectivity index (χ0) is 22.5. The van der Waals surface area contributed by atoms with Gasteiger partial charge in [-0.05, 0) is 62.6 Å². The standard InChI is InChI=1S/C26H30N2O4/c1-3-31-23-11-7-8-18-15-20(16-32-24(18)23)26(30)28-22-13-12-19(14-17(22)2)25(29)27-21-9-5-4-6-10-21/h7-8,11-15,21H,3-6,9-10,16H2,1-2H3,(H,27,29)(H,28,30). The Hall–Kier alpha value is -3.28. The number of rotatable bonds is 6. The second-order valence-corrected chi connectivity index (χ2v) is 8.36. The number of benzene rings is 2. The van der Waals surface area contributed by atoms with Crippen LogP contribution in [0.5, 0.6) is 11.5 Å². The Morgan fingerprint density at radius 3 is 2.66 bits per heavy atom. The van der Waals surface area contributed by atoms with Gasteiger partial charge in [0.15, 0.2) is 11.5 Å². The molecule has 1 aliphatic carbocycles. The summed E-state index contributed by atoms with van der Waals surface area (Å²) in [5, 5.41) is 6.08. The van der Waals surface area contributed by atoms with Crippen LogP contribution in [0.3, 0.4) is 0 Å². The molecule has 0 spiro atoms. The minimum absolute atomic E-state index is 0.0528. The van der Waals surface area contributed by atoms with Gasteiger partial charge < -0.3 is 20.1 Å². The Morgan fingerprint density at radius 2 is 1.91 bits per heavy atom. The van der Waals surface area contributed by atoms with E-state index in [1.807, 2.05) is 44.2 Å². The van der Waals surface area contributed by atoms with Gasteiger partial charge in [0, 0.05) is 22.9 Å². The largest absolute Gasteiger partial charge is 0.490 e. The van der Waals surface area contributed by atoms with Crippen LogP contribution in [0.25, 0.3) is 6.08 Å². The molecule has 168 valence electrons. The lowest BCUT2D eigenvalue weighted by Gasteiger charge is -2.23. The lowest BCUT2D eigenvalue weighted by Crippen LogP contribution is -2.36. The predicted molar refractivity (Wildman–Crippen MR) is 125 cm³/mol. The number of nitrogens with one attached hydrogen (secondary N) is 2. The molecule has 1 heterocycles. The highest BCUT2D eigenvalue weighted by Crippen LogP contribution is 2.36. The summed E-state index contributed by atoms with van der Waals surface area (Å²) < 4.78 is 11.4. The van der Waals surface area contributed by atoms with Gasteiger partial charge in [0.25, 0.3) is 11.8 Å². The van der Waals surface area contributed by atoms with E-state index in [0.29, 0.717) is 34.9 Å². The number of hydrogen-bond donors (Lipinski definition) is 2. The van der Waals surface area contributed by atoms with Crippen molar-refractivity contribution in [2.45, 2.75) is 52.0 Å². The van der Waals surface area contributed by atoms with Crippen LogP contribution >= 0.6 is 0 Å². The van der Waals surface area contributed by atoms with Crippen molar-refractivity contribution >= 4 is 23.6 Å². The molecule has 0 radical (unpaired) electrons. The first-order valence-corrected chi connectivity index (χ1v) is 11.4. The van der Waals surface area contributed by atoms with Gasteiger partial charge in [-0.25, -0.2) is 0 Å². The minimum Gasteiger partial charge on any atom is -0.490 e. The molecule has 1 fully saturated rings. The third-order valence-corrected chi connectivity index (χ3v) is 5.98. The summed E-state index contributed by atoms with van der Waals surface area (Å²) in [5.41, 5.74) is 3.48. The number of para-hydroxylation sites is 1. The second-order valence-electron chi connectivity index (χ2n) is 8.36. The number of carbonyl (C=O) groups excluding carboxylic acids is 2. The van der Waals surface area contributed by atoms with Gasteiger partial charge in [-0.3, -0.25) is 9.59 Å². The van der Waals surface area contributed by atoms with Crippen molar-refractivity contribution in [3.8, 4) is 11.5 Å². The van der Waals surface area contributed by atoms with Crippen LogP contribution in [0, 0.1) is 6.92 Å². The van der Waals surface area contributed by atoms with E-state index in [-0.39, 0.29) is 24.5 Å². The van der Waals surface area contributed by atoms with Crippen molar-refractivity contribution in [2.75, 3.05) is 18.5 Å². The Bertz CT molecular complexity index is 1040. The van der Waals surface area contributed by atoms with E-state index in [9.17, 15) is 9.59 Å². The first kappa shape index (κ1) is 21.9. The monoisotopic (exact) mass is 434 g/mol. The third-order valence-electron chi connectivity index (χ3n) is 5.98. The molecular weight excluding hydrogens is 404 g/mol. The van der Waals surface area contributed by atoms with Crippen LogP contribution in [-0.4, -0.2) is 31.1 Å². The third kappa shape index (κ3) is 4.96. The van der Waals surface area contributed by atoms with Gasteiger partial charge in [0.2, 0.25) is 0 Å². The molecule has 0 saturated heterocycles. The van der Waals surface area contributed by atoms with E-state index in [0.717, 1.165) is 24.0 Å². The number of aryl methyl sites for hydroxylation is 1. The van der Waals surface area contributed by atoms with Crippen LogP contribution in [0.15, 0.2) is 42.0 Å². The Morgan fingerprint density at radius 1 is 1.09 bits per heavy atom. The fourth-order valence-electron chi connectivity index (χ4n) is 4.24. The molecule has 0 unspecified atom stereocenters. The summed E-state index contributed by atoms with van der Waals surface area (Å²) >= 11 is 0. The maximum absolute atomic E-state index is 12.9. The SMILES string of the molecule is CCOc1cccc2c1OCC(C(=O)Nc1ccc(C(=O)NC3CCCCC3)cc1C)=C2. The van der Waals surface area contributed by atoms with Crippen molar-refractivity contribution < 1.29 is 19.1 Å². The van der Waals surface area contributed by atoms with Crippen LogP contribution < -0.4 is 20.1 Å².